The average Bonchev–Trinajstić information content (AvgIpc) is 2.86. The number of hydrogen-bond acceptors (Lipinski definition) is 6. The van der Waals surface area contributed by atoms with Crippen LogP contribution in [0.2, 0.25) is 0 Å². The van der Waals surface area contributed by atoms with Gasteiger partial charge >= 0.3 is 0 Å². The van der Waals surface area contributed by atoms with Gasteiger partial charge in [-0.2, -0.15) is 0 Å². The molecule has 34 heavy (non-hydrogen) atoms. The fourth-order valence-electron chi connectivity index (χ4n) is 4.02. The van der Waals surface area contributed by atoms with Crippen molar-refractivity contribution < 1.29 is 22.7 Å². The Bertz CT molecular complexity index is 1040. The summed E-state index contributed by atoms with van der Waals surface area (Å²) in [5, 5.41) is 2.88. The normalized spacial score (nSPS) is 15.0. The minimum atomic E-state index is -3.98. The third-order valence-corrected chi connectivity index (χ3v) is 7.91. The minimum absolute atomic E-state index is 0.108. The van der Waals surface area contributed by atoms with E-state index in [0.717, 1.165) is 36.3 Å². The molecule has 1 heterocycles. The summed E-state index contributed by atoms with van der Waals surface area (Å²) in [7, 11) is -0.991. The number of amides is 1. The van der Waals surface area contributed by atoms with E-state index in [1.54, 1.807) is 36.4 Å². The van der Waals surface area contributed by atoms with Crippen molar-refractivity contribution in [2.45, 2.75) is 31.1 Å². The molecule has 0 aromatic heterocycles. The highest BCUT2D eigenvalue weighted by Crippen LogP contribution is 2.33. The smallest absolute Gasteiger partial charge is 0.264 e. The molecule has 1 N–H and O–H groups in total. The maximum Gasteiger partial charge on any atom is 0.264 e. The summed E-state index contributed by atoms with van der Waals surface area (Å²) in [5.41, 5.74) is 0.319. The molecule has 1 saturated heterocycles. The fraction of sp³-hybridized carbons (Fsp3) is 0.480. The summed E-state index contributed by atoms with van der Waals surface area (Å²) in [4.78, 5) is 15.3. The summed E-state index contributed by atoms with van der Waals surface area (Å²) in [5.74, 6) is 1.27. The van der Waals surface area contributed by atoms with Gasteiger partial charge in [0.2, 0.25) is 5.91 Å². The van der Waals surface area contributed by atoms with Gasteiger partial charge in [0, 0.05) is 12.6 Å². The topological polar surface area (TPSA) is 88.2 Å². The Morgan fingerprint density at radius 1 is 1.06 bits per heavy atom. The zero-order chi connectivity index (χ0) is 24.6. The van der Waals surface area contributed by atoms with Gasteiger partial charge in [0.15, 0.2) is 11.5 Å². The number of ether oxygens (including phenoxy) is 2. The Morgan fingerprint density at radius 3 is 2.38 bits per heavy atom. The Labute approximate surface area is 202 Å². The van der Waals surface area contributed by atoms with Crippen LogP contribution in [0.5, 0.6) is 11.5 Å². The van der Waals surface area contributed by atoms with Crippen LogP contribution < -0.4 is 19.1 Å². The minimum Gasteiger partial charge on any atom is -0.493 e. The molecule has 0 radical (unpaired) electrons. The molecule has 3 rings (SSSR count). The van der Waals surface area contributed by atoms with Crippen LogP contribution in [0.15, 0.2) is 53.4 Å². The summed E-state index contributed by atoms with van der Waals surface area (Å²) in [6, 6.07) is 12.9. The van der Waals surface area contributed by atoms with Crippen molar-refractivity contribution in [1.82, 2.24) is 10.2 Å². The Hall–Kier alpha value is -2.78. The number of anilines is 1. The SMILES string of the molecule is COc1ccc(N(CC(=O)NCCCN2CCC(C)CC2)S(=O)(=O)c2ccccc2)cc1OC. The maximum atomic E-state index is 13.5. The van der Waals surface area contributed by atoms with Crippen LogP contribution in [0.1, 0.15) is 26.2 Å². The van der Waals surface area contributed by atoms with Crippen LogP contribution >= 0.6 is 0 Å². The molecule has 0 aliphatic carbocycles. The van der Waals surface area contributed by atoms with Crippen molar-refractivity contribution in [1.29, 1.82) is 0 Å². The molecule has 2 aromatic carbocycles. The summed E-state index contributed by atoms with van der Waals surface area (Å²) in [6.45, 7) is 5.55. The molecular weight excluding hydrogens is 454 g/mol. The number of carbonyl (C=O) groups is 1. The first-order valence-electron chi connectivity index (χ1n) is 11.6. The molecule has 0 bridgehead atoms. The standard InChI is InChI=1S/C25H35N3O5S/c1-20-12-16-27(17-13-20)15-7-14-26-25(29)19-28(34(30,31)22-8-5-4-6-9-22)21-10-11-23(32-2)24(18-21)33-3/h4-6,8-11,18,20H,7,12-17,19H2,1-3H3,(H,26,29). The molecule has 1 aliphatic rings. The first kappa shape index (κ1) is 25.8. The second kappa shape index (κ2) is 12.1. The zero-order valence-electron chi connectivity index (χ0n) is 20.2. The lowest BCUT2D eigenvalue weighted by Crippen LogP contribution is -2.42. The lowest BCUT2D eigenvalue weighted by Gasteiger charge is -2.30. The van der Waals surface area contributed by atoms with Crippen LogP contribution in [0, 0.1) is 5.92 Å². The molecule has 1 aliphatic heterocycles. The number of carbonyl (C=O) groups excluding carboxylic acids is 1. The molecule has 1 amide bonds. The summed E-state index contributed by atoms with van der Waals surface area (Å²) < 4.78 is 38.6. The second-order valence-corrected chi connectivity index (χ2v) is 10.5. The number of benzene rings is 2. The number of hydrogen-bond donors (Lipinski definition) is 1. The van der Waals surface area contributed by atoms with Gasteiger partial charge in [-0.05, 0) is 69.1 Å². The van der Waals surface area contributed by atoms with Gasteiger partial charge in [0.1, 0.15) is 6.54 Å². The van der Waals surface area contributed by atoms with E-state index in [0.29, 0.717) is 23.7 Å². The van der Waals surface area contributed by atoms with E-state index >= 15 is 0 Å². The van der Waals surface area contributed by atoms with Crippen molar-refractivity contribution in [3.8, 4) is 11.5 Å². The van der Waals surface area contributed by atoms with E-state index in [9.17, 15) is 13.2 Å². The van der Waals surface area contributed by atoms with Crippen LogP contribution in [-0.4, -0.2) is 66.2 Å². The molecule has 0 atom stereocenters. The highest BCUT2D eigenvalue weighted by Gasteiger charge is 2.28. The van der Waals surface area contributed by atoms with Crippen LogP contribution in [-0.2, 0) is 14.8 Å². The van der Waals surface area contributed by atoms with Crippen molar-refractivity contribution in [3.05, 3.63) is 48.5 Å². The largest absolute Gasteiger partial charge is 0.493 e. The molecule has 186 valence electrons. The lowest BCUT2D eigenvalue weighted by atomic mass is 9.99. The highest BCUT2D eigenvalue weighted by atomic mass is 32.2. The molecule has 9 heteroatoms. The number of nitrogens with zero attached hydrogens (tertiary/aromatic N) is 2. The first-order valence-corrected chi connectivity index (χ1v) is 13.1. The van der Waals surface area contributed by atoms with Gasteiger partial charge in [0.25, 0.3) is 10.0 Å². The molecule has 8 nitrogen and oxygen atoms in total. The van der Waals surface area contributed by atoms with Gasteiger partial charge < -0.3 is 19.7 Å². The van der Waals surface area contributed by atoms with E-state index in [2.05, 4.69) is 17.1 Å². The number of piperidine rings is 1. The average molecular weight is 490 g/mol. The maximum absolute atomic E-state index is 13.5. The van der Waals surface area contributed by atoms with Gasteiger partial charge in [0.05, 0.1) is 24.8 Å². The third-order valence-electron chi connectivity index (χ3n) is 6.12. The number of rotatable bonds is 11. The molecule has 0 unspecified atom stereocenters. The van der Waals surface area contributed by atoms with Crippen molar-refractivity contribution in [2.75, 3.05) is 51.2 Å². The van der Waals surface area contributed by atoms with Crippen molar-refractivity contribution in [2.24, 2.45) is 5.92 Å². The van der Waals surface area contributed by atoms with E-state index < -0.39 is 10.0 Å². The monoisotopic (exact) mass is 489 g/mol. The van der Waals surface area contributed by atoms with Gasteiger partial charge in [-0.15, -0.1) is 0 Å². The summed E-state index contributed by atoms with van der Waals surface area (Å²) >= 11 is 0. The number of sulfonamides is 1. The van der Waals surface area contributed by atoms with Gasteiger partial charge in [-0.25, -0.2) is 8.42 Å². The van der Waals surface area contributed by atoms with Gasteiger partial charge in [-0.3, -0.25) is 9.10 Å². The van der Waals surface area contributed by atoms with Crippen LogP contribution in [0.3, 0.4) is 0 Å². The molecule has 1 fully saturated rings. The van der Waals surface area contributed by atoms with Crippen molar-refractivity contribution >= 4 is 21.6 Å². The van der Waals surface area contributed by atoms with E-state index in [4.69, 9.17) is 9.47 Å². The van der Waals surface area contributed by atoms with Crippen LogP contribution in [0.25, 0.3) is 0 Å². The zero-order valence-corrected chi connectivity index (χ0v) is 21.0. The Morgan fingerprint density at radius 2 is 1.74 bits per heavy atom. The number of nitrogens with one attached hydrogen (secondary N) is 1. The molecule has 0 saturated carbocycles. The van der Waals surface area contributed by atoms with E-state index in [-0.39, 0.29) is 17.3 Å². The van der Waals surface area contributed by atoms with Gasteiger partial charge in [-0.1, -0.05) is 25.1 Å². The fourth-order valence-corrected chi connectivity index (χ4v) is 5.45. The Balaban J connectivity index is 1.71. The first-order chi connectivity index (χ1) is 16.3. The third kappa shape index (κ3) is 6.64. The number of methoxy groups -OCH3 is 2. The molecular formula is C25H35N3O5S. The number of likely N-dealkylation sites (tertiary alicyclic amines) is 1. The lowest BCUT2D eigenvalue weighted by molar-refractivity contribution is -0.119. The quantitative estimate of drug-likeness (QED) is 0.488. The molecule has 2 aromatic rings. The van der Waals surface area contributed by atoms with E-state index in [1.165, 1.54) is 39.2 Å². The van der Waals surface area contributed by atoms with Crippen molar-refractivity contribution in [3.63, 3.8) is 0 Å². The van der Waals surface area contributed by atoms with Crippen LogP contribution in [0.4, 0.5) is 5.69 Å². The second-order valence-electron chi connectivity index (χ2n) is 8.59. The summed E-state index contributed by atoms with van der Waals surface area (Å²) in [6.07, 6.45) is 3.25. The predicted molar refractivity (Wildman–Crippen MR) is 133 cm³/mol. The molecule has 0 spiro atoms. The highest BCUT2D eigenvalue weighted by molar-refractivity contribution is 7.92. The Kier molecular flexibility index (Phi) is 9.18. The predicted octanol–water partition coefficient (Wildman–Crippen LogP) is 3.14. The van der Waals surface area contributed by atoms with E-state index in [1.807, 2.05) is 0 Å².